The highest BCUT2D eigenvalue weighted by molar-refractivity contribution is 5.70. The highest BCUT2D eigenvalue weighted by Crippen LogP contribution is 2.37. The minimum Gasteiger partial charge on any atom is -0.393 e. The van der Waals surface area contributed by atoms with E-state index < -0.39 is 0 Å². The lowest BCUT2D eigenvalue weighted by Gasteiger charge is -2.40. The Morgan fingerprint density at radius 2 is 2.17 bits per heavy atom. The number of pyridine rings is 1. The number of aliphatic hydroxyl groups excluding tert-OH is 1. The van der Waals surface area contributed by atoms with Crippen LogP contribution in [0.25, 0.3) is 5.57 Å². The van der Waals surface area contributed by atoms with Gasteiger partial charge in [-0.1, -0.05) is 31.9 Å². The minimum absolute atomic E-state index is 0.125. The largest absolute Gasteiger partial charge is 0.393 e. The number of hydrogen-bond donors (Lipinski definition) is 3. The Bertz CT molecular complexity index is 991. The van der Waals surface area contributed by atoms with E-state index in [2.05, 4.69) is 57.5 Å². The number of fused-ring (bicyclic) bond motifs is 1. The predicted molar refractivity (Wildman–Crippen MR) is 120 cm³/mol. The van der Waals surface area contributed by atoms with Crippen LogP contribution in [0.1, 0.15) is 56.4 Å². The number of anilines is 2. The lowest BCUT2D eigenvalue weighted by molar-refractivity contribution is 0.00926. The molecule has 2 aliphatic carbocycles. The molecule has 0 bridgehead atoms. The molecule has 2 atom stereocenters. The van der Waals surface area contributed by atoms with E-state index in [0.717, 1.165) is 44.3 Å². The molecule has 1 fully saturated rings. The van der Waals surface area contributed by atoms with E-state index in [-0.39, 0.29) is 17.6 Å². The van der Waals surface area contributed by atoms with Gasteiger partial charge >= 0.3 is 0 Å². The first-order valence-corrected chi connectivity index (χ1v) is 10.6. The minimum atomic E-state index is -0.269. The van der Waals surface area contributed by atoms with Gasteiger partial charge < -0.3 is 15.7 Å². The zero-order chi connectivity index (χ0) is 21.1. The summed E-state index contributed by atoms with van der Waals surface area (Å²) in [4.78, 5) is 13.5. The maximum atomic E-state index is 10.2. The summed E-state index contributed by atoms with van der Waals surface area (Å²) in [6, 6.07) is 4.34. The second-order valence-electron chi connectivity index (χ2n) is 8.85. The van der Waals surface area contributed by atoms with Gasteiger partial charge in [0.05, 0.1) is 23.6 Å². The Labute approximate surface area is 178 Å². The first-order chi connectivity index (χ1) is 14.5. The zero-order valence-electron chi connectivity index (χ0n) is 17.7. The van der Waals surface area contributed by atoms with Crippen LogP contribution < -0.4 is 10.6 Å². The molecule has 3 N–H and O–H groups in total. The number of aromatic nitrogens is 3. The summed E-state index contributed by atoms with van der Waals surface area (Å²) in [7, 11) is 0. The molecule has 0 saturated heterocycles. The summed E-state index contributed by atoms with van der Waals surface area (Å²) in [6.45, 7) is 4.93. The van der Waals surface area contributed by atoms with Crippen LogP contribution in [0.2, 0.25) is 0 Å². The molecule has 0 aromatic carbocycles. The Kier molecular flexibility index (Phi) is 5.74. The summed E-state index contributed by atoms with van der Waals surface area (Å²) < 4.78 is 0. The van der Waals surface area contributed by atoms with Gasteiger partial charge in [-0.25, -0.2) is 4.98 Å². The van der Waals surface area contributed by atoms with Gasteiger partial charge in [0, 0.05) is 18.8 Å². The van der Waals surface area contributed by atoms with Crippen molar-refractivity contribution in [2.75, 3.05) is 17.2 Å². The predicted octanol–water partition coefficient (Wildman–Crippen LogP) is 3.65. The fraction of sp³-hybridized carbons (Fsp3) is 0.458. The molecular formula is C24H29N5O. The monoisotopic (exact) mass is 403 g/mol. The maximum absolute atomic E-state index is 10.2. The van der Waals surface area contributed by atoms with Crippen LogP contribution in [0.3, 0.4) is 0 Å². The number of aliphatic hydroxyl groups is 1. The lowest BCUT2D eigenvalue weighted by Crippen LogP contribution is -2.41. The molecule has 2 aromatic rings. The molecule has 6 nitrogen and oxygen atoms in total. The Balaban J connectivity index is 1.39. The molecule has 2 heterocycles. The molecule has 0 aliphatic heterocycles. The molecule has 2 aromatic heterocycles. The normalized spacial score (nSPS) is 22.0. The standard InChI is InChI=1S/C24H29N5O/c1-4-16-15-27-23(26-13-11-18-8-7-17-6-5-12-25-21(17)18)29-22(16)28-19-9-10-20(30)24(2,3)14-19/h1,5-6,8,12,15,19-20,30H,7,9-11,13-14H2,2-3H3,(H2,26,27,28,29)/t19-,20+/m1/s1. The molecule has 0 spiro atoms. The average molecular weight is 404 g/mol. The lowest BCUT2D eigenvalue weighted by atomic mass is 9.73. The summed E-state index contributed by atoms with van der Waals surface area (Å²) in [6.07, 6.45) is 15.5. The van der Waals surface area contributed by atoms with Gasteiger partial charge in [0.15, 0.2) is 0 Å². The second kappa shape index (κ2) is 8.45. The Morgan fingerprint density at radius 1 is 1.30 bits per heavy atom. The van der Waals surface area contributed by atoms with Crippen molar-refractivity contribution in [1.29, 1.82) is 0 Å². The number of terminal acetylenes is 1. The molecule has 1 saturated carbocycles. The number of rotatable bonds is 6. The number of nitrogens with zero attached hydrogens (tertiary/aromatic N) is 3. The second-order valence-corrected chi connectivity index (χ2v) is 8.85. The van der Waals surface area contributed by atoms with Gasteiger partial charge in [-0.3, -0.25) is 4.98 Å². The quantitative estimate of drug-likeness (QED) is 0.639. The van der Waals surface area contributed by atoms with Gasteiger partial charge in [0.1, 0.15) is 5.82 Å². The van der Waals surface area contributed by atoms with Crippen molar-refractivity contribution in [3.05, 3.63) is 47.4 Å². The third kappa shape index (κ3) is 4.31. The number of nitrogens with one attached hydrogen (secondary N) is 2. The van der Waals surface area contributed by atoms with Crippen molar-refractivity contribution in [3.63, 3.8) is 0 Å². The fourth-order valence-corrected chi connectivity index (χ4v) is 4.37. The van der Waals surface area contributed by atoms with Gasteiger partial charge in [-0.15, -0.1) is 6.42 Å². The van der Waals surface area contributed by atoms with E-state index in [9.17, 15) is 5.11 Å². The van der Waals surface area contributed by atoms with E-state index in [1.807, 2.05) is 12.3 Å². The first kappa shape index (κ1) is 20.4. The molecule has 156 valence electrons. The van der Waals surface area contributed by atoms with Crippen LogP contribution >= 0.6 is 0 Å². The zero-order valence-corrected chi connectivity index (χ0v) is 17.7. The van der Waals surface area contributed by atoms with Crippen molar-refractivity contribution in [1.82, 2.24) is 15.0 Å². The first-order valence-electron chi connectivity index (χ1n) is 10.6. The highest BCUT2D eigenvalue weighted by atomic mass is 16.3. The Hall–Kier alpha value is -2.91. The van der Waals surface area contributed by atoms with Crippen LogP contribution in [-0.4, -0.2) is 38.7 Å². The third-order valence-corrected chi connectivity index (χ3v) is 6.19. The van der Waals surface area contributed by atoms with Gasteiger partial charge in [0.25, 0.3) is 0 Å². The Morgan fingerprint density at radius 3 is 2.97 bits per heavy atom. The number of hydrogen-bond acceptors (Lipinski definition) is 6. The van der Waals surface area contributed by atoms with Crippen LogP contribution in [0.15, 0.2) is 30.6 Å². The van der Waals surface area contributed by atoms with E-state index in [0.29, 0.717) is 17.3 Å². The molecule has 0 unspecified atom stereocenters. The van der Waals surface area contributed by atoms with Crippen molar-refractivity contribution < 1.29 is 5.11 Å². The van der Waals surface area contributed by atoms with Gasteiger partial charge in [-0.2, -0.15) is 4.98 Å². The van der Waals surface area contributed by atoms with E-state index >= 15 is 0 Å². The SMILES string of the molecule is C#Cc1cnc(NCCC2=CCc3cccnc32)nc1N[C@@H]1CC[C@H](O)C(C)(C)C1. The molecule has 30 heavy (non-hydrogen) atoms. The summed E-state index contributed by atoms with van der Waals surface area (Å²) >= 11 is 0. The molecule has 0 amide bonds. The van der Waals surface area contributed by atoms with Gasteiger partial charge in [-0.05, 0) is 54.7 Å². The molecule has 0 radical (unpaired) electrons. The van der Waals surface area contributed by atoms with Crippen molar-refractivity contribution in [3.8, 4) is 12.3 Å². The average Bonchev–Trinajstić information content (AvgIpc) is 3.14. The van der Waals surface area contributed by atoms with Crippen LogP contribution in [-0.2, 0) is 6.42 Å². The fourth-order valence-electron chi connectivity index (χ4n) is 4.37. The maximum Gasteiger partial charge on any atom is 0.224 e. The molecule has 4 rings (SSSR count). The van der Waals surface area contributed by atoms with Crippen LogP contribution in [0, 0.1) is 17.8 Å². The highest BCUT2D eigenvalue weighted by Gasteiger charge is 2.35. The van der Waals surface area contributed by atoms with Crippen molar-refractivity contribution in [2.24, 2.45) is 5.41 Å². The van der Waals surface area contributed by atoms with E-state index in [4.69, 9.17) is 6.42 Å². The van der Waals surface area contributed by atoms with E-state index in [1.54, 1.807) is 6.20 Å². The topological polar surface area (TPSA) is 83.0 Å². The van der Waals surface area contributed by atoms with E-state index in [1.165, 1.54) is 11.1 Å². The summed E-state index contributed by atoms with van der Waals surface area (Å²) in [5, 5.41) is 17.0. The smallest absolute Gasteiger partial charge is 0.224 e. The van der Waals surface area contributed by atoms with Crippen molar-refractivity contribution in [2.45, 2.75) is 58.1 Å². The molecule has 6 heteroatoms. The summed E-state index contributed by atoms with van der Waals surface area (Å²) in [5.41, 5.74) is 4.18. The molecular weight excluding hydrogens is 374 g/mol. The number of allylic oxidation sites excluding steroid dienone is 1. The van der Waals surface area contributed by atoms with Gasteiger partial charge in [0.2, 0.25) is 5.95 Å². The van der Waals surface area contributed by atoms with Crippen LogP contribution in [0.4, 0.5) is 11.8 Å². The molecule has 2 aliphatic rings. The summed E-state index contributed by atoms with van der Waals surface area (Å²) in [5.74, 6) is 3.91. The van der Waals surface area contributed by atoms with Crippen molar-refractivity contribution >= 4 is 17.3 Å². The third-order valence-electron chi connectivity index (χ3n) is 6.19. The van der Waals surface area contributed by atoms with Crippen LogP contribution in [0.5, 0.6) is 0 Å².